The lowest BCUT2D eigenvalue weighted by Crippen LogP contribution is -2.19. The summed E-state index contributed by atoms with van der Waals surface area (Å²) < 4.78 is 10.9. The molecule has 0 radical (unpaired) electrons. The van der Waals surface area contributed by atoms with Crippen LogP contribution in [-0.4, -0.2) is 31.0 Å². The Bertz CT molecular complexity index is 378. The quantitative estimate of drug-likeness (QED) is 0.769. The summed E-state index contributed by atoms with van der Waals surface area (Å²) in [6.45, 7) is 4.25. The van der Waals surface area contributed by atoms with Crippen molar-refractivity contribution in [3.05, 3.63) is 29.8 Å². The van der Waals surface area contributed by atoms with Gasteiger partial charge in [-0.2, -0.15) is 0 Å². The minimum atomic E-state index is -0.239. The number of rotatable bonds is 7. The van der Waals surface area contributed by atoms with Crippen LogP contribution in [0.25, 0.3) is 0 Å². The van der Waals surface area contributed by atoms with Gasteiger partial charge in [0.05, 0.1) is 12.7 Å². The van der Waals surface area contributed by atoms with Gasteiger partial charge in [-0.3, -0.25) is 0 Å². The molecule has 0 aliphatic carbocycles. The Morgan fingerprint density at radius 2 is 2.26 bits per heavy atom. The molecule has 2 atom stereocenters. The van der Waals surface area contributed by atoms with E-state index in [1.165, 1.54) is 5.56 Å². The van der Waals surface area contributed by atoms with E-state index < -0.39 is 0 Å². The lowest BCUT2D eigenvalue weighted by molar-refractivity contribution is 0.102. The average molecular weight is 264 g/mol. The number of aliphatic hydroxyl groups is 1. The monoisotopic (exact) mass is 264 g/mol. The van der Waals surface area contributed by atoms with Gasteiger partial charge in [-0.25, -0.2) is 0 Å². The molecule has 0 bridgehead atoms. The van der Waals surface area contributed by atoms with E-state index in [9.17, 15) is 5.11 Å². The first-order valence-corrected chi connectivity index (χ1v) is 7.28. The smallest absolute Gasteiger partial charge is 0.122 e. The number of aliphatic hydroxyl groups excluding tert-OH is 1. The third-order valence-electron chi connectivity index (χ3n) is 3.67. The van der Waals surface area contributed by atoms with E-state index in [0.717, 1.165) is 51.3 Å². The number of hydrogen-bond donors (Lipinski definition) is 1. The third kappa shape index (κ3) is 4.22. The standard InChI is InChI=1S/C16H24O3/c1-2-18-10-5-6-14(17)12-13-9-11-19-16-8-4-3-7-15(13)16/h3-4,7-8,13-14,17H,2,5-6,9-12H2,1H3. The minimum absolute atomic E-state index is 0.239. The van der Waals surface area contributed by atoms with Gasteiger partial charge in [0, 0.05) is 13.2 Å². The van der Waals surface area contributed by atoms with E-state index in [0.29, 0.717) is 5.92 Å². The van der Waals surface area contributed by atoms with Crippen LogP contribution in [0.1, 0.15) is 44.1 Å². The molecule has 0 fully saturated rings. The molecule has 19 heavy (non-hydrogen) atoms. The van der Waals surface area contributed by atoms with Crippen molar-refractivity contribution in [1.82, 2.24) is 0 Å². The molecule has 106 valence electrons. The molecule has 1 aromatic rings. The Kier molecular flexibility index (Phi) is 5.67. The minimum Gasteiger partial charge on any atom is -0.493 e. The molecule has 0 spiro atoms. The second kappa shape index (κ2) is 7.51. The molecule has 2 unspecified atom stereocenters. The Morgan fingerprint density at radius 1 is 1.42 bits per heavy atom. The average Bonchev–Trinajstić information content (AvgIpc) is 2.44. The largest absolute Gasteiger partial charge is 0.493 e. The molecule has 1 heterocycles. The summed E-state index contributed by atoms with van der Waals surface area (Å²) in [6.07, 6.45) is 3.34. The SMILES string of the molecule is CCOCCCC(O)CC1CCOc2ccccc21. The van der Waals surface area contributed by atoms with Crippen LogP contribution in [0.4, 0.5) is 0 Å². The van der Waals surface area contributed by atoms with Crippen molar-refractivity contribution in [3.8, 4) is 5.75 Å². The van der Waals surface area contributed by atoms with Crippen molar-refractivity contribution in [2.45, 2.75) is 44.6 Å². The molecule has 1 N–H and O–H groups in total. The normalized spacial score (nSPS) is 19.6. The summed E-state index contributed by atoms with van der Waals surface area (Å²) in [4.78, 5) is 0. The molecule has 1 aliphatic heterocycles. The number of benzene rings is 1. The van der Waals surface area contributed by atoms with Crippen molar-refractivity contribution in [2.75, 3.05) is 19.8 Å². The van der Waals surface area contributed by atoms with Gasteiger partial charge in [0.25, 0.3) is 0 Å². The maximum atomic E-state index is 10.1. The van der Waals surface area contributed by atoms with E-state index in [-0.39, 0.29) is 6.10 Å². The second-order valence-corrected chi connectivity index (χ2v) is 5.10. The highest BCUT2D eigenvalue weighted by Gasteiger charge is 2.23. The molecule has 2 rings (SSSR count). The molecule has 1 aromatic carbocycles. The summed E-state index contributed by atoms with van der Waals surface area (Å²) in [5, 5.41) is 10.1. The van der Waals surface area contributed by atoms with Crippen molar-refractivity contribution in [1.29, 1.82) is 0 Å². The molecule has 0 aromatic heterocycles. The molecular formula is C16H24O3. The topological polar surface area (TPSA) is 38.7 Å². The van der Waals surface area contributed by atoms with Crippen LogP contribution in [0.2, 0.25) is 0 Å². The zero-order chi connectivity index (χ0) is 13.5. The van der Waals surface area contributed by atoms with Crippen LogP contribution >= 0.6 is 0 Å². The number of ether oxygens (including phenoxy) is 2. The Labute approximate surface area is 115 Å². The number of hydrogen-bond acceptors (Lipinski definition) is 3. The lowest BCUT2D eigenvalue weighted by Gasteiger charge is -2.27. The van der Waals surface area contributed by atoms with Gasteiger partial charge in [0.15, 0.2) is 0 Å². The molecule has 3 nitrogen and oxygen atoms in total. The van der Waals surface area contributed by atoms with E-state index in [1.54, 1.807) is 0 Å². The second-order valence-electron chi connectivity index (χ2n) is 5.10. The van der Waals surface area contributed by atoms with Crippen LogP contribution in [0, 0.1) is 0 Å². The molecule has 0 saturated heterocycles. The summed E-state index contributed by atoms with van der Waals surface area (Å²) in [6, 6.07) is 8.18. The Morgan fingerprint density at radius 3 is 3.11 bits per heavy atom. The van der Waals surface area contributed by atoms with E-state index in [2.05, 4.69) is 6.07 Å². The molecular weight excluding hydrogens is 240 g/mol. The fourth-order valence-corrected chi connectivity index (χ4v) is 2.67. The fourth-order valence-electron chi connectivity index (χ4n) is 2.67. The first-order valence-electron chi connectivity index (χ1n) is 7.28. The Hall–Kier alpha value is -1.06. The summed E-state index contributed by atoms with van der Waals surface area (Å²) in [5.41, 5.74) is 1.25. The van der Waals surface area contributed by atoms with Crippen molar-refractivity contribution in [3.63, 3.8) is 0 Å². The van der Waals surface area contributed by atoms with Crippen LogP contribution in [0.15, 0.2) is 24.3 Å². The Balaban J connectivity index is 1.83. The van der Waals surface area contributed by atoms with Crippen LogP contribution in [-0.2, 0) is 4.74 Å². The first-order chi connectivity index (χ1) is 9.31. The van der Waals surface area contributed by atoms with Crippen LogP contribution in [0.5, 0.6) is 5.75 Å². The zero-order valence-corrected chi connectivity index (χ0v) is 11.7. The third-order valence-corrected chi connectivity index (χ3v) is 3.67. The maximum Gasteiger partial charge on any atom is 0.122 e. The summed E-state index contributed by atoms with van der Waals surface area (Å²) in [7, 11) is 0. The van der Waals surface area contributed by atoms with Gasteiger partial charge < -0.3 is 14.6 Å². The maximum absolute atomic E-state index is 10.1. The van der Waals surface area contributed by atoms with Gasteiger partial charge in [0.1, 0.15) is 5.75 Å². The van der Waals surface area contributed by atoms with Gasteiger partial charge in [0.2, 0.25) is 0 Å². The number of fused-ring (bicyclic) bond motifs is 1. The molecule has 0 saturated carbocycles. The first kappa shape index (κ1) is 14.4. The molecule has 0 amide bonds. The molecule has 3 heteroatoms. The van der Waals surface area contributed by atoms with E-state index in [1.807, 2.05) is 25.1 Å². The fraction of sp³-hybridized carbons (Fsp3) is 0.625. The summed E-state index contributed by atoms with van der Waals surface area (Å²) >= 11 is 0. The number of para-hydroxylation sites is 1. The van der Waals surface area contributed by atoms with Gasteiger partial charge in [-0.15, -0.1) is 0 Å². The lowest BCUT2D eigenvalue weighted by atomic mass is 9.87. The summed E-state index contributed by atoms with van der Waals surface area (Å²) in [5.74, 6) is 1.41. The van der Waals surface area contributed by atoms with E-state index >= 15 is 0 Å². The van der Waals surface area contributed by atoms with Crippen LogP contribution < -0.4 is 4.74 Å². The van der Waals surface area contributed by atoms with Gasteiger partial charge in [-0.1, -0.05) is 18.2 Å². The van der Waals surface area contributed by atoms with E-state index in [4.69, 9.17) is 9.47 Å². The highest BCUT2D eigenvalue weighted by Crippen LogP contribution is 2.36. The van der Waals surface area contributed by atoms with Crippen molar-refractivity contribution >= 4 is 0 Å². The van der Waals surface area contributed by atoms with Gasteiger partial charge in [-0.05, 0) is 50.2 Å². The van der Waals surface area contributed by atoms with Crippen LogP contribution in [0.3, 0.4) is 0 Å². The predicted molar refractivity (Wildman–Crippen MR) is 75.6 cm³/mol. The highest BCUT2D eigenvalue weighted by atomic mass is 16.5. The highest BCUT2D eigenvalue weighted by molar-refractivity contribution is 5.37. The predicted octanol–water partition coefficient (Wildman–Crippen LogP) is 3.12. The van der Waals surface area contributed by atoms with Gasteiger partial charge >= 0.3 is 0 Å². The van der Waals surface area contributed by atoms with Crippen molar-refractivity contribution in [2.24, 2.45) is 0 Å². The molecule has 1 aliphatic rings. The van der Waals surface area contributed by atoms with Crippen molar-refractivity contribution < 1.29 is 14.6 Å². The zero-order valence-electron chi connectivity index (χ0n) is 11.7.